The summed E-state index contributed by atoms with van der Waals surface area (Å²) in [5, 5.41) is 4.37. The van der Waals surface area contributed by atoms with Gasteiger partial charge in [-0.1, -0.05) is 0 Å². The van der Waals surface area contributed by atoms with Crippen molar-refractivity contribution in [3.05, 3.63) is 53.5 Å². The van der Waals surface area contributed by atoms with Crippen LogP contribution in [0.4, 0.5) is 0 Å². The summed E-state index contributed by atoms with van der Waals surface area (Å²) in [6.45, 7) is 2.95. The number of carbonyl (C=O) groups is 1. The molecule has 3 aromatic rings. The second-order valence-electron chi connectivity index (χ2n) is 6.52. The Morgan fingerprint density at radius 3 is 2.85 bits per heavy atom. The average Bonchev–Trinajstić information content (AvgIpc) is 3.04. The summed E-state index contributed by atoms with van der Waals surface area (Å²) in [5.74, 6) is 0.473. The third-order valence-electron chi connectivity index (χ3n) is 4.75. The van der Waals surface area contributed by atoms with Gasteiger partial charge in [-0.25, -0.2) is 9.97 Å². The molecule has 0 aromatic carbocycles. The summed E-state index contributed by atoms with van der Waals surface area (Å²) >= 11 is 0. The second kappa shape index (κ2) is 6.79. The number of aromatic nitrogens is 5. The summed E-state index contributed by atoms with van der Waals surface area (Å²) < 4.78 is 7.06. The Labute approximate surface area is 156 Å². The number of pyridine rings is 1. The molecule has 3 aromatic heterocycles. The molecule has 0 N–H and O–H groups in total. The van der Waals surface area contributed by atoms with Crippen LogP contribution in [0.1, 0.15) is 27.4 Å². The Balaban J connectivity index is 1.60. The maximum absolute atomic E-state index is 13.0. The predicted molar refractivity (Wildman–Crippen MR) is 98.2 cm³/mol. The Morgan fingerprint density at radius 1 is 1.26 bits per heavy atom. The number of carbonyl (C=O) groups excluding carboxylic acids is 1. The first-order valence-corrected chi connectivity index (χ1v) is 8.69. The van der Waals surface area contributed by atoms with Gasteiger partial charge < -0.3 is 9.64 Å². The molecule has 0 saturated heterocycles. The van der Waals surface area contributed by atoms with Crippen LogP contribution in [0.3, 0.4) is 0 Å². The molecule has 4 heterocycles. The summed E-state index contributed by atoms with van der Waals surface area (Å²) in [6, 6.07) is 3.72. The van der Waals surface area contributed by atoms with Gasteiger partial charge in [-0.15, -0.1) is 0 Å². The summed E-state index contributed by atoms with van der Waals surface area (Å²) in [7, 11) is 3.47. The summed E-state index contributed by atoms with van der Waals surface area (Å²) in [4.78, 5) is 27.5. The molecule has 1 aliphatic rings. The first-order valence-electron chi connectivity index (χ1n) is 8.69. The van der Waals surface area contributed by atoms with E-state index in [1.165, 1.54) is 6.33 Å². The topological polar surface area (TPSA) is 86.0 Å². The molecule has 1 aliphatic heterocycles. The van der Waals surface area contributed by atoms with Gasteiger partial charge in [0, 0.05) is 37.1 Å². The van der Waals surface area contributed by atoms with Gasteiger partial charge in [-0.3, -0.25) is 14.5 Å². The molecule has 8 heteroatoms. The molecular weight excluding hydrogens is 344 g/mol. The Hall–Kier alpha value is -3.29. The van der Waals surface area contributed by atoms with Crippen LogP contribution in [0.2, 0.25) is 0 Å². The van der Waals surface area contributed by atoms with E-state index in [1.807, 2.05) is 32.3 Å². The van der Waals surface area contributed by atoms with Crippen molar-refractivity contribution in [2.75, 3.05) is 13.7 Å². The van der Waals surface area contributed by atoms with Gasteiger partial charge in [0.05, 0.1) is 25.0 Å². The molecule has 0 radical (unpaired) electrons. The van der Waals surface area contributed by atoms with E-state index in [9.17, 15) is 4.79 Å². The minimum absolute atomic E-state index is 0.110. The van der Waals surface area contributed by atoms with Crippen molar-refractivity contribution in [3.8, 4) is 17.0 Å². The number of hydrogen-bond acceptors (Lipinski definition) is 6. The zero-order valence-corrected chi connectivity index (χ0v) is 15.5. The zero-order valence-electron chi connectivity index (χ0n) is 15.5. The third kappa shape index (κ3) is 3.14. The average molecular weight is 364 g/mol. The highest BCUT2D eigenvalue weighted by atomic mass is 16.5. The number of ether oxygens (including phenoxy) is 1. The lowest BCUT2D eigenvalue weighted by Gasteiger charge is -2.28. The number of methoxy groups -OCH3 is 1. The Bertz CT molecular complexity index is 1010. The zero-order chi connectivity index (χ0) is 19.0. The van der Waals surface area contributed by atoms with Crippen molar-refractivity contribution in [3.63, 3.8) is 0 Å². The minimum Gasteiger partial charge on any atom is -0.481 e. The Kier molecular flexibility index (Phi) is 4.31. The number of fused-ring (bicyclic) bond motifs is 1. The van der Waals surface area contributed by atoms with Crippen molar-refractivity contribution < 1.29 is 9.53 Å². The molecule has 0 aliphatic carbocycles. The number of rotatable bonds is 3. The van der Waals surface area contributed by atoms with E-state index in [-0.39, 0.29) is 5.91 Å². The lowest BCUT2D eigenvalue weighted by Crippen LogP contribution is -2.37. The number of amides is 1. The maximum atomic E-state index is 13.0. The monoisotopic (exact) mass is 364 g/mol. The van der Waals surface area contributed by atoms with Crippen molar-refractivity contribution >= 4 is 5.91 Å². The van der Waals surface area contributed by atoms with E-state index in [0.717, 1.165) is 28.1 Å². The van der Waals surface area contributed by atoms with Gasteiger partial charge in [0.15, 0.2) is 0 Å². The maximum Gasteiger partial charge on any atom is 0.272 e. The van der Waals surface area contributed by atoms with Crippen LogP contribution < -0.4 is 4.74 Å². The molecule has 8 nitrogen and oxygen atoms in total. The van der Waals surface area contributed by atoms with Gasteiger partial charge in [0.1, 0.15) is 12.0 Å². The fourth-order valence-corrected chi connectivity index (χ4v) is 3.43. The van der Waals surface area contributed by atoms with Gasteiger partial charge in [0.25, 0.3) is 5.91 Å². The van der Waals surface area contributed by atoms with E-state index in [4.69, 9.17) is 4.74 Å². The number of aryl methyl sites for hydroxylation is 2. The van der Waals surface area contributed by atoms with Crippen LogP contribution in [0.15, 0.2) is 30.9 Å². The molecule has 1 amide bonds. The van der Waals surface area contributed by atoms with Crippen molar-refractivity contribution in [1.29, 1.82) is 0 Å². The number of nitrogens with zero attached hydrogens (tertiary/aromatic N) is 6. The highest BCUT2D eigenvalue weighted by Crippen LogP contribution is 2.26. The van der Waals surface area contributed by atoms with Crippen LogP contribution >= 0.6 is 0 Å². The van der Waals surface area contributed by atoms with E-state index >= 15 is 0 Å². The molecule has 0 fully saturated rings. The quantitative estimate of drug-likeness (QED) is 0.704. The highest BCUT2D eigenvalue weighted by molar-refractivity contribution is 5.93. The first-order chi connectivity index (χ1) is 13.1. The van der Waals surface area contributed by atoms with Crippen molar-refractivity contribution in [1.82, 2.24) is 29.6 Å². The standard InChI is InChI=1S/C19H20N6O2/c1-12-15(9-24(2)23-12)13-4-6-20-16(8-13)19(26)25-7-5-14-17(10-25)21-11-22-18(14)27-3/h4,6,8-9,11H,5,7,10H2,1-3H3. The largest absolute Gasteiger partial charge is 0.481 e. The number of hydrogen-bond donors (Lipinski definition) is 0. The molecule has 0 spiro atoms. The van der Waals surface area contributed by atoms with E-state index in [0.29, 0.717) is 31.1 Å². The molecule has 27 heavy (non-hydrogen) atoms. The molecule has 4 rings (SSSR count). The summed E-state index contributed by atoms with van der Waals surface area (Å²) in [6.07, 6.45) is 5.74. The molecule has 0 unspecified atom stereocenters. The lowest BCUT2D eigenvalue weighted by molar-refractivity contribution is 0.0724. The van der Waals surface area contributed by atoms with Crippen LogP contribution in [0.5, 0.6) is 5.88 Å². The SMILES string of the molecule is COc1ncnc2c1CCN(C(=O)c1cc(-c3cn(C)nc3C)ccn1)C2. The fourth-order valence-electron chi connectivity index (χ4n) is 3.43. The van der Waals surface area contributed by atoms with Crippen molar-refractivity contribution in [2.24, 2.45) is 7.05 Å². The molecular formula is C19H20N6O2. The van der Waals surface area contributed by atoms with Crippen LogP contribution in [-0.4, -0.2) is 49.2 Å². The second-order valence-corrected chi connectivity index (χ2v) is 6.52. The van der Waals surface area contributed by atoms with Gasteiger partial charge in [-0.2, -0.15) is 5.10 Å². The third-order valence-corrected chi connectivity index (χ3v) is 4.75. The minimum atomic E-state index is -0.110. The highest BCUT2D eigenvalue weighted by Gasteiger charge is 2.26. The van der Waals surface area contributed by atoms with E-state index < -0.39 is 0 Å². The molecule has 0 bridgehead atoms. The molecule has 0 saturated carbocycles. The summed E-state index contributed by atoms with van der Waals surface area (Å²) in [5.41, 5.74) is 5.05. The molecule has 0 atom stereocenters. The van der Waals surface area contributed by atoms with Crippen LogP contribution in [0.25, 0.3) is 11.1 Å². The van der Waals surface area contributed by atoms with Crippen molar-refractivity contribution in [2.45, 2.75) is 19.9 Å². The Morgan fingerprint density at radius 2 is 2.11 bits per heavy atom. The first kappa shape index (κ1) is 17.1. The van der Waals surface area contributed by atoms with Gasteiger partial charge in [-0.05, 0) is 31.0 Å². The fraction of sp³-hybridized carbons (Fsp3) is 0.316. The predicted octanol–water partition coefficient (Wildman–Crippen LogP) is 1.79. The van der Waals surface area contributed by atoms with Crippen LogP contribution in [-0.2, 0) is 20.0 Å². The molecule has 138 valence electrons. The van der Waals surface area contributed by atoms with E-state index in [1.54, 1.807) is 22.9 Å². The van der Waals surface area contributed by atoms with Gasteiger partial charge in [0.2, 0.25) is 5.88 Å². The normalized spacial score (nSPS) is 13.4. The lowest BCUT2D eigenvalue weighted by atomic mass is 10.0. The van der Waals surface area contributed by atoms with E-state index in [2.05, 4.69) is 20.1 Å². The van der Waals surface area contributed by atoms with Gasteiger partial charge >= 0.3 is 0 Å². The van der Waals surface area contributed by atoms with Crippen LogP contribution in [0, 0.1) is 6.92 Å². The smallest absolute Gasteiger partial charge is 0.272 e.